The molecule has 1 heterocycles. The second kappa shape index (κ2) is 8.86. The first-order chi connectivity index (χ1) is 14.6. The highest BCUT2D eigenvalue weighted by Gasteiger charge is 2.45. The first-order valence-electron chi connectivity index (χ1n) is 10.6. The van der Waals surface area contributed by atoms with Crippen LogP contribution in [0, 0.1) is 11.7 Å². The largest absolute Gasteiger partial charge is 0.497 e. The van der Waals surface area contributed by atoms with Crippen molar-refractivity contribution in [1.29, 1.82) is 0 Å². The molecule has 2 atom stereocenters. The topological polar surface area (TPSA) is 58.6 Å². The Hall–Kier alpha value is -2.89. The minimum atomic E-state index is -0.521. The van der Waals surface area contributed by atoms with Crippen molar-refractivity contribution in [1.82, 2.24) is 5.32 Å². The third-order valence-electron chi connectivity index (χ3n) is 6.17. The summed E-state index contributed by atoms with van der Waals surface area (Å²) in [6, 6.07) is 13.0. The van der Waals surface area contributed by atoms with Gasteiger partial charge in [0.1, 0.15) is 11.6 Å². The average Bonchev–Trinajstić information content (AvgIpc) is 3.12. The van der Waals surface area contributed by atoms with Crippen LogP contribution in [0.25, 0.3) is 0 Å². The fourth-order valence-electron chi connectivity index (χ4n) is 4.61. The van der Waals surface area contributed by atoms with Gasteiger partial charge in [-0.1, -0.05) is 31.4 Å². The van der Waals surface area contributed by atoms with Crippen LogP contribution in [0.1, 0.15) is 50.1 Å². The van der Waals surface area contributed by atoms with Gasteiger partial charge in [0.2, 0.25) is 11.8 Å². The summed E-state index contributed by atoms with van der Waals surface area (Å²) in [6.45, 7) is 0. The molecule has 2 fully saturated rings. The molecular weight excluding hydrogens is 383 g/mol. The first kappa shape index (κ1) is 20.4. The highest BCUT2D eigenvalue weighted by atomic mass is 19.1. The van der Waals surface area contributed by atoms with Gasteiger partial charge in [0.15, 0.2) is 0 Å². The van der Waals surface area contributed by atoms with Crippen LogP contribution in [0.2, 0.25) is 0 Å². The fourth-order valence-corrected chi connectivity index (χ4v) is 4.61. The van der Waals surface area contributed by atoms with E-state index in [1.165, 1.54) is 18.6 Å². The molecule has 0 aromatic heterocycles. The first-order valence-corrected chi connectivity index (χ1v) is 10.6. The van der Waals surface area contributed by atoms with E-state index in [-0.39, 0.29) is 30.1 Å². The van der Waals surface area contributed by atoms with Crippen molar-refractivity contribution in [3.63, 3.8) is 0 Å². The normalized spacial score (nSPS) is 22.2. The Morgan fingerprint density at radius 1 is 1.03 bits per heavy atom. The number of hydrogen-bond acceptors (Lipinski definition) is 3. The smallest absolute Gasteiger partial charge is 0.228 e. The van der Waals surface area contributed by atoms with Crippen molar-refractivity contribution in [3.8, 4) is 5.75 Å². The van der Waals surface area contributed by atoms with Gasteiger partial charge in [-0.2, -0.15) is 0 Å². The number of nitrogens with one attached hydrogen (secondary N) is 1. The van der Waals surface area contributed by atoms with E-state index < -0.39 is 12.0 Å². The van der Waals surface area contributed by atoms with E-state index in [1.807, 2.05) is 12.1 Å². The van der Waals surface area contributed by atoms with E-state index >= 15 is 0 Å². The number of rotatable bonds is 5. The summed E-state index contributed by atoms with van der Waals surface area (Å²) in [5.74, 6) is -0.386. The Labute approximate surface area is 176 Å². The number of anilines is 1. The van der Waals surface area contributed by atoms with Crippen molar-refractivity contribution in [2.45, 2.75) is 50.6 Å². The molecule has 0 unspecified atom stereocenters. The zero-order valence-corrected chi connectivity index (χ0v) is 17.1. The lowest BCUT2D eigenvalue weighted by Crippen LogP contribution is -2.41. The number of methoxy groups -OCH3 is 1. The number of carbonyl (C=O) groups is 2. The molecule has 1 aliphatic heterocycles. The minimum Gasteiger partial charge on any atom is -0.497 e. The fraction of sp³-hybridized carbons (Fsp3) is 0.417. The quantitative estimate of drug-likeness (QED) is 0.796. The number of hydrogen-bond donors (Lipinski definition) is 1. The molecule has 0 spiro atoms. The van der Waals surface area contributed by atoms with Crippen LogP contribution in [0.15, 0.2) is 48.5 Å². The molecule has 6 heteroatoms. The maximum atomic E-state index is 13.5. The van der Waals surface area contributed by atoms with Gasteiger partial charge in [-0.3, -0.25) is 9.59 Å². The summed E-state index contributed by atoms with van der Waals surface area (Å²) in [5.41, 5.74) is 1.45. The molecule has 0 bridgehead atoms. The summed E-state index contributed by atoms with van der Waals surface area (Å²) in [7, 11) is 1.59. The summed E-state index contributed by atoms with van der Waals surface area (Å²) < 4.78 is 18.8. The van der Waals surface area contributed by atoms with Crippen molar-refractivity contribution in [2.24, 2.45) is 5.92 Å². The van der Waals surface area contributed by atoms with E-state index in [0.29, 0.717) is 11.4 Å². The molecule has 5 nitrogen and oxygen atoms in total. The molecule has 2 aromatic rings. The van der Waals surface area contributed by atoms with Crippen molar-refractivity contribution >= 4 is 17.5 Å². The van der Waals surface area contributed by atoms with E-state index in [1.54, 1.807) is 36.3 Å². The SMILES string of the molecule is COc1ccc(N2C(=O)C[C@H](C(=O)NC3CCCCC3)[C@@H]2c2ccc(F)cc2)cc1. The monoisotopic (exact) mass is 410 g/mol. The number of carbonyl (C=O) groups excluding carboxylic acids is 2. The lowest BCUT2D eigenvalue weighted by molar-refractivity contribution is -0.127. The zero-order valence-electron chi connectivity index (χ0n) is 17.1. The predicted molar refractivity (Wildman–Crippen MR) is 113 cm³/mol. The summed E-state index contributed by atoms with van der Waals surface area (Å²) in [5, 5.41) is 3.17. The maximum absolute atomic E-state index is 13.5. The Balaban J connectivity index is 1.65. The van der Waals surface area contributed by atoms with Crippen molar-refractivity contribution in [3.05, 3.63) is 59.9 Å². The van der Waals surface area contributed by atoms with E-state index in [9.17, 15) is 14.0 Å². The van der Waals surface area contributed by atoms with Crippen LogP contribution >= 0.6 is 0 Å². The molecule has 1 N–H and O–H groups in total. The lowest BCUT2D eigenvalue weighted by atomic mass is 9.90. The molecule has 2 amide bonds. The van der Waals surface area contributed by atoms with Gasteiger partial charge >= 0.3 is 0 Å². The summed E-state index contributed by atoms with van der Waals surface area (Å²) in [6.07, 6.45) is 5.54. The Morgan fingerprint density at radius 3 is 2.33 bits per heavy atom. The molecule has 0 radical (unpaired) electrons. The molecule has 1 aliphatic carbocycles. The molecule has 4 rings (SSSR count). The summed E-state index contributed by atoms with van der Waals surface area (Å²) >= 11 is 0. The van der Waals surface area contributed by atoms with E-state index in [4.69, 9.17) is 4.74 Å². The molecule has 158 valence electrons. The van der Waals surface area contributed by atoms with Crippen LogP contribution in [-0.4, -0.2) is 25.0 Å². The highest BCUT2D eigenvalue weighted by Crippen LogP contribution is 2.42. The minimum absolute atomic E-state index is 0.0967. The van der Waals surface area contributed by atoms with Gasteiger partial charge in [0, 0.05) is 18.2 Å². The van der Waals surface area contributed by atoms with E-state index in [0.717, 1.165) is 31.2 Å². The molecule has 30 heavy (non-hydrogen) atoms. The van der Waals surface area contributed by atoms with Crippen molar-refractivity contribution < 1.29 is 18.7 Å². The van der Waals surface area contributed by atoms with Crippen LogP contribution in [0.4, 0.5) is 10.1 Å². The Kier molecular flexibility index (Phi) is 6.02. The van der Waals surface area contributed by atoms with Gasteiger partial charge in [-0.15, -0.1) is 0 Å². The molecule has 2 aliphatic rings. The molecule has 1 saturated heterocycles. The number of halogens is 1. The van der Waals surface area contributed by atoms with Crippen LogP contribution in [0.3, 0.4) is 0 Å². The second-order valence-corrected chi connectivity index (χ2v) is 8.11. The highest BCUT2D eigenvalue weighted by molar-refractivity contribution is 6.01. The number of ether oxygens (including phenoxy) is 1. The van der Waals surface area contributed by atoms with Gasteiger partial charge in [0.05, 0.1) is 19.1 Å². The third-order valence-corrected chi connectivity index (χ3v) is 6.17. The van der Waals surface area contributed by atoms with Gasteiger partial charge in [-0.05, 0) is 54.8 Å². The number of benzene rings is 2. The molecular formula is C24H27FN2O3. The van der Waals surface area contributed by atoms with Crippen LogP contribution < -0.4 is 15.0 Å². The number of nitrogens with zero attached hydrogens (tertiary/aromatic N) is 1. The van der Waals surface area contributed by atoms with Gasteiger partial charge < -0.3 is 15.0 Å². The third kappa shape index (κ3) is 4.18. The Morgan fingerprint density at radius 2 is 1.70 bits per heavy atom. The van der Waals surface area contributed by atoms with Gasteiger partial charge in [-0.25, -0.2) is 4.39 Å². The van der Waals surface area contributed by atoms with E-state index in [2.05, 4.69) is 5.32 Å². The van der Waals surface area contributed by atoms with Crippen LogP contribution in [0.5, 0.6) is 5.75 Å². The maximum Gasteiger partial charge on any atom is 0.228 e. The molecule has 2 aromatic carbocycles. The lowest BCUT2D eigenvalue weighted by Gasteiger charge is -2.30. The second-order valence-electron chi connectivity index (χ2n) is 8.11. The predicted octanol–water partition coefficient (Wildman–Crippen LogP) is 4.38. The standard InChI is InChI=1S/C24H27FN2O3/c1-30-20-13-11-19(12-14-20)27-22(28)15-21(23(27)16-7-9-17(25)10-8-16)24(29)26-18-5-3-2-4-6-18/h7-14,18,21,23H,2-6,15H2,1H3,(H,26,29)/t21-,23-/m0/s1. The van der Waals surface area contributed by atoms with Crippen LogP contribution in [-0.2, 0) is 9.59 Å². The number of amides is 2. The van der Waals surface area contributed by atoms with Gasteiger partial charge in [0.25, 0.3) is 0 Å². The molecule has 1 saturated carbocycles. The Bertz CT molecular complexity index is 892. The summed E-state index contributed by atoms with van der Waals surface area (Å²) in [4.78, 5) is 27.9. The zero-order chi connectivity index (χ0) is 21.1. The average molecular weight is 410 g/mol. The van der Waals surface area contributed by atoms with Crippen molar-refractivity contribution in [2.75, 3.05) is 12.0 Å².